The molecule has 0 aliphatic carbocycles. The van der Waals surface area contributed by atoms with Gasteiger partial charge in [0.25, 0.3) is 0 Å². The van der Waals surface area contributed by atoms with E-state index >= 15 is 0 Å². The number of aliphatic imine (C=N–C) groups is 1. The number of hydrogen-bond donors (Lipinski definition) is 1. The van der Waals surface area contributed by atoms with Crippen molar-refractivity contribution in [2.24, 2.45) is 4.99 Å². The van der Waals surface area contributed by atoms with Gasteiger partial charge in [0, 0.05) is 16.8 Å². The molecule has 1 unspecified atom stereocenters. The number of fused-ring (bicyclic) bond motifs is 2. The number of benzene rings is 1. The number of hydrogen-bond acceptors (Lipinski definition) is 3. The number of allylic oxidation sites excluding steroid dienone is 2. The van der Waals surface area contributed by atoms with Gasteiger partial charge in [-0.3, -0.25) is 5.21 Å². The van der Waals surface area contributed by atoms with Crippen LogP contribution in [-0.2, 0) is 5.41 Å². The van der Waals surface area contributed by atoms with Crippen LogP contribution < -0.4 is 0 Å². The molecule has 0 fully saturated rings. The van der Waals surface area contributed by atoms with Gasteiger partial charge in [0.1, 0.15) is 5.41 Å². The van der Waals surface area contributed by atoms with Crippen molar-refractivity contribution < 1.29 is 18.4 Å². The first kappa shape index (κ1) is 17.0. The summed E-state index contributed by atoms with van der Waals surface area (Å²) in [5, 5.41) is 10.9. The number of nitrogens with zero attached hydrogens (tertiary/aromatic N) is 2. The maximum absolute atomic E-state index is 14.4. The molecule has 0 spiro atoms. The normalized spacial score (nSPS) is 22.7. The van der Waals surface area contributed by atoms with Crippen LogP contribution in [0.1, 0.15) is 31.7 Å². The van der Waals surface area contributed by atoms with Gasteiger partial charge in [-0.1, -0.05) is 37.4 Å². The van der Waals surface area contributed by atoms with Gasteiger partial charge < -0.3 is 0 Å². The zero-order valence-corrected chi connectivity index (χ0v) is 13.7. The standard InChI is InChI=1S/C17H16ClF3N2O/c1-2-3-8-16(17(19,20)21)12-5-4-9-23(24)15(12)22-14-7-6-11(18)10-13(14)16/h4-7,9-10,24H,2-3,8H2,1H3. The molecule has 2 heterocycles. The van der Waals surface area contributed by atoms with E-state index in [1.54, 1.807) is 0 Å². The minimum absolute atomic E-state index is 0.0367. The number of alkyl halides is 3. The Morgan fingerprint density at radius 1 is 1.33 bits per heavy atom. The molecule has 1 aromatic carbocycles. The Labute approximate surface area is 142 Å². The van der Waals surface area contributed by atoms with E-state index in [0.29, 0.717) is 17.9 Å². The molecule has 1 aromatic rings. The Kier molecular flexibility index (Phi) is 4.21. The fourth-order valence-electron chi connectivity index (χ4n) is 3.30. The lowest BCUT2D eigenvalue weighted by atomic mass is 9.67. The molecule has 0 saturated heterocycles. The summed E-state index contributed by atoms with van der Waals surface area (Å²) < 4.78 is 43.1. The number of amidine groups is 1. The van der Waals surface area contributed by atoms with Crippen LogP contribution in [0.15, 0.2) is 47.1 Å². The van der Waals surface area contributed by atoms with Crippen molar-refractivity contribution in [3.8, 4) is 0 Å². The molecule has 3 nitrogen and oxygen atoms in total. The van der Waals surface area contributed by atoms with Crippen LogP contribution in [0.25, 0.3) is 0 Å². The van der Waals surface area contributed by atoms with Gasteiger partial charge in [-0.05, 0) is 36.3 Å². The summed E-state index contributed by atoms with van der Waals surface area (Å²) in [6.45, 7) is 1.84. The third-order valence-corrected chi connectivity index (χ3v) is 4.68. The minimum Gasteiger partial charge on any atom is -0.283 e. The monoisotopic (exact) mass is 356 g/mol. The van der Waals surface area contributed by atoms with Gasteiger partial charge in [0.15, 0.2) is 5.84 Å². The Morgan fingerprint density at radius 2 is 2.08 bits per heavy atom. The molecule has 2 aliphatic rings. The summed E-state index contributed by atoms with van der Waals surface area (Å²) in [4.78, 5) is 4.22. The molecule has 3 rings (SSSR count). The van der Waals surface area contributed by atoms with Gasteiger partial charge in [0.2, 0.25) is 0 Å². The average Bonchev–Trinajstić information content (AvgIpc) is 2.51. The molecular formula is C17H16ClF3N2O. The highest BCUT2D eigenvalue weighted by atomic mass is 35.5. The van der Waals surface area contributed by atoms with Crippen LogP contribution in [0.3, 0.4) is 0 Å². The summed E-state index contributed by atoms with van der Waals surface area (Å²) in [5.41, 5.74) is -2.08. The number of rotatable bonds is 3. The van der Waals surface area contributed by atoms with Crippen molar-refractivity contribution in [1.82, 2.24) is 5.06 Å². The first-order chi connectivity index (χ1) is 11.3. The van der Waals surface area contributed by atoms with Gasteiger partial charge in [0.05, 0.1) is 5.69 Å². The summed E-state index contributed by atoms with van der Waals surface area (Å²) in [5.74, 6) is -0.0965. The minimum atomic E-state index is -4.55. The van der Waals surface area contributed by atoms with Crippen LogP contribution in [0.2, 0.25) is 5.02 Å². The third-order valence-electron chi connectivity index (χ3n) is 4.44. The van der Waals surface area contributed by atoms with Gasteiger partial charge in [-0.2, -0.15) is 13.2 Å². The molecule has 0 radical (unpaired) electrons. The highest BCUT2D eigenvalue weighted by Gasteiger charge is 2.61. The molecule has 2 aliphatic heterocycles. The van der Waals surface area contributed by atoms with Gasteiger partial charge in [-0.15, -0.1) is 0 Å². The highest BCUT2D eigenvalue weighted by Crippen LogP contribution is 2.56. The van der Waals surface area contributed by atoms with E-state index in [0.717, 1.165) is 0 Å². The lowest BCUT2D eigenvalue weighted by Crippen LogP contribution is -2.50. The van der Waals surface area contributed by atoms with Crippen molar-refractivity contribution in [1.29, 1.82) is 0 Å². The molecule has 7 heteroatoms. The Hall–Kier alpha value is -1.79. The second-order valence-corrected chi connectivity index (χ2v) is 6.31. The van der Waals surface area contributed by atoms with Crippen molar-refractivity contribution in [3.05, 3.63) is 52.7 Å². The summed E-state index contributed by atoms with van der Waals surface area (Å²) in [7, 11) is 0. The maximum Gasteiger partial charge on any atom is 0.402 e. The molecule has 24 heavy (non-hydrogen) atoms. The highest BCUT2D eigenvalue weighted by molar-refractivity contribution is 6.30. The Bertz CT molecular complexity index is 755. The topological polar surface area (TPSA) is 35.8 Å². The molecule has 0 aromatic heterocycles. The first-order valence-electron chi connectivity index (χ1n) is 7.64. The zero-order chi connectivity index (χ0) is 17.5. The second kappa shape index (κ2) is 5.93. The first-order valence-corrected chi connectivity index (χ1v) is 8.02. The lowest BCUT2D eigenvalue weighted by Gasteiger charge is -2.43. The Balaban J connectivity index is 2.35. The van der Waals surface area contributed by atoms with E-state index in [1.165, 1.54) is 36.6 Å². The van der Waals surface area contributed by atoms with Crippen LogP contribution in [-0.4, -0.2) is 22.3 Å². The second-order valence-electron chi connectivity index (χ2n) is 5.87. The van der Waals surface area contributed by atoms with Crippen molar-refractivity contribution in [2.45, 2.75) is 37.8 Å². The van der Waals surface area contributed by atoms with E-state index in [-0.39, 0.29) is 34.1 Å². The predicted octanol–water partition coefficient (Wildman–Crippen LogP) is 5.52. The van der Waals surface area contributed by atoms with Crippen LogP contribution in [0, 0.1) is 0 Å². The van der Waals surface area contributed by atoms with Crippen molar-refractivity contribution in [2.75, 3.05) is 0 Å². The molecular weight excluding hydrogens is 341 g/mol. The van der Waals surface area contributed by atoms with Crippen molar-refractivity contribution in [3.63, 3.8) is 0 Å². The number of unbranched alkanes of at least 4 members (excludes halogenated alkanes) is 1. The smallest absolute Gasteiger partial charge is 0.283 e. The molecule has 0 amide bonds. The fourth-order valence-corrected chi connectivity index (χ4v) is 3.47. The Morgan fingerprint density at radius 3 is 2.75 bits per heavy atom. The lowest BCUT2D eigenvalue weighted by molar-refractivity contribution is -0.181. The van der Waals surface area contributed by atoms with E-state index < -0.39 is 11.6 Å². The van der Waals surface area contributed by atoms with Crippen LogP contribution >= 0.6 is 11.6 Å². The predicted molar refractivity (Wildman–Crippen MR) is 86.7 cm³/mol. The maximum atomic E-state index is 14.4. The summed E-state index contributed by atoms with van der Waals surface area (Å²) >= 11 is 5.98. The SMILES string of the molecule is CCCCC1(C(F)(F)F)C2=CC=CN(O)C2=Nc2ccc(Cl)cc21. The number of halogens is 4. The molecule has 0 bridgehead atoms. The van der Waals surface area contributed by atoms with Gasteiger partial charge in [-0.25, -0.2) is 10.1 Å². The molecule has 0 saturated carbocycles. The summed E-state index contributed by atoms with van der Waals surface area (Å²) in [6, 6.07) is 4.29. The van der Waals surface area contributed by atoms with E-state index in [1.807, 2.05) is 6.92 Å². The van der Waals surface area contributed by atoms with E-state index in [9.17, 15) is 18.4 Å². The van der Waals surface area contributed by atoms with Crippen molar-refractivity contribution >= 4 is 23.1 Å². The average molecular weight is 357 g/mol. The quantitative estimate of drug-likeness (QED) is 0.774. The van der Waals surface area contributed by atoms with E-state index in [4.69, 9.17) is 11.6 Å². The summed E-state index contributed by atoms with van der Waals surface area (Å²) in [6.07, 6.45) is 0.337. The third kappa shape index (κ3) is 2.45. The molecule has 1 N–H and O–H groups in total. The van der Waals surface area contributed by atoms with Gasteiger partial charge >= 0.3 is 6.18 Å². The molecule has 128 valence electrons. The van der Waals surface area contributed by atoms with E-state index in [2.05, 4.69) is 4.99 Å². The fraction of sp³-hybridized carbons (Fsp3) is 0.353. The zero-order valence-electron chi connectivity index (χ0n) is 12.9. The van der Waals surface area contributed by atoms with Crippen LogP contribution in [0.5, 0.6) is 0 Å². The molecule has 1 atom stereocenters. The number of hydroxylamine groups is 2. The van der Waals surface area contributed by atoms with Crippen LogP contribution in [0.4, 0.5) is 18.9 Å². The largest absolute Gasteiger partial charge is 0.402 e.